The maximum absolute atomic E-state index is 4.28. The van der Waals surface area contributed by atoms with E-state index in [1.165, 1.54) is 6.33 Å². The molecule has 0 N–H and O–H groups in total. The number of aromatic nitrogens is 5. The van der Waals surface area contributed by atoms with Crippen molar-refractivity contribution in [2.45, 2.75) is 19.5 Å². The van der Waals surface area contributed by atoms with Gasteiger partial charge >= 0.3 is 0 Å². The van der Waals surface area contributed by atoms with Gasteiger partial charge in [0, 0.05) is 25.5 Å². The second-order valence-corrected chi connectivity index (χ2v) is 4.32. The van der Waals surface area contributed by atoms with E-state index in [9.17, 15) is 0 Å². The topological polar surface area (TPSA) is 59.7 Å². The molecule has 0 amide bonds. The summed E-state index contributed by atoms with van der Waals surface area (Å²) in [6, 6.07) is 0.301. The van der Waals surface area contributed by atoms with Crippen molar-refractivity contribution in [2.75, 3.05) is 13.6 Å². The highest BCUT2D eigenvalue weighted by atomic mass is 15.3. The first-order chi connectivity index (χ1) is 8.27. The summed E-state index contributed by atoms with van der Waals surface area (Å²) >= 11 is 0. The van der Waals surface area contributed by atoms with Crippen molar-refractivity contribution in [3.63, 3.8) is 0 Å². The van der Waals surface area contributed by atoms with E-state index in [0.29, 0.717) is 6.04 Å². The van der Waals surface area contributed by atoms with Gasteiger partial charge in [-0.25, -0.2) is 9.97 Å². The van der Waals surface area contributed by atoms with E-state index in [-0.39, 0.29) is 0 Å². The molecule has 2 aromatic rings. The van der Waals surface area contributed by atoms with Gasteiger partial charge in [-0.05, 0) is 14.0 Å². The lowest BCUT2D eigenvalue weighted by Gasteiger charge is -2.30. The zero-order valence-electron chi connectivity index (χ0n) is 9.91. The molecule has 0 aliphatic carbocycles. The molecule has 3 rings (SSSR count). The van der Waals surface area contributed by atoms with Gasteiger partial charge in [0.2, 0.25) is 0 Å². The first-order valence-electron chi connectivity index (χ1n) is 5.66. The van der Waals surface area contributed by atoms with Gasteiger partial charge in [-0.15, -0.1) is 10.2 Å². The Labute approximate surface area is 99.3 Å². The number of rotatable bonds is 1. The van der Waals surface area contributed by atoms with Gasteiger partial charge in [-0.2, -0.15) is 0 Å². The van der Waals surface area contributed by atoms with Crippen molar-refractivity contribution >= 4 is 0 Å². The molecule has 0 fully saturated rings. The van der Waals surface area contributed by atoms with Crippen LogP contribution in [0.1, 0.15) is 18.8 Å². The monoisotopic (exact) mass is 230 g/mol. The molecule has 0 radical (unpaired) electrons. The van der Waals surface area contributed by atoms with Crippen LogP contribution in [0.25, 0.3) is 11.4 Å². The quantitative estimate of drug-likeness (QED) is 0.723. The summed E-state index contributed by atoms with van der Waals surface area (Å²) in [6.45, 7) is 4.06. The molecule has 1 unspecified atom stereocenters. The summed E-state index contributed by atoms with van der Waals surface area (Å²) in [7, 11) is 2.11. The van der Waals surface area contributed by atoms with Crippen molar-refractivity contribution in [3.05, 3.63) is 24.5 Å². The largest absolute Gasteiger partial charge is 0.308 e. The van der Waals surface area contributed by atoms with E-state index in [1.807, 2.05) is 0 Å². The van der Waals surface area contributed by atoms with Crippen molar-refractivity contribution in [3.8, 4) is 11.4 Å². The predicted octanol–water partition coefficient (Wildman–Crippen LogP) is 0.741. The normalized spacial score (nSPS) is 20.2. The Morgan fingerprint density at radius 3 is 2.71 bits per heavy atom. The maximum atomic E-state index is 4.28. The number of hydrogen-bond donors (Lipinski definition) is 0. The van der Waals surface area contributed by atoms with Crippen LogP contribution in [0.5, 0.6) is 0 Å². The Balaban J connectivity index is 2.08. The van der Waals surface area contributed by atoms with Gasteiger partial charge in [0.25, 0.3) is 0 Å². The van der Waals surface area contributed by atoms with E-state index >= 15 is 0 Å². The molecule has 0 bridgehead atoms. The molecular formula is C11H14N6. The number of hydrogen-bond acceptors (Lipinski definition) is 5. The summed E-state index contributed by atoms with van der Waals surface area (Å²) in [5, 5.41) is 8.54. The van der Waals surface area contributed by atoms with Crippen molar-refractivity contribution in [1.29, 1.82) is 0 Å². The smallest absolute Gasteiger partial charge is 0.167 e. The van der Waals surface area contributed by atoms with Crippen LogP contribution in [-0.4, -0.2) is 43.2 Å². The SMILES string of the molecule is CC1c2nnc(-c3cncnc3)n2CCN1C. The van der Waals surface area contributed by atoms with Crippen molar-refractivity contribution in [2.24, 2.45) is 0 Å². The second kappa shape index (κ2) is 3.89. The van der Waals surface area contributed by atoms with Gasteiger partial charge in [0.1, 0.15) is 12.2 Å². The van der Waals surface area contributed by atoms with Gasteiger partial charge in [-0.3, -0.25) is 4.90 Å². The van der Waals surface area contributed by atoms with Crippen LogP contribution in [0, 0.1) is 0 Å². The number of fused-ring (bicyclic) bond motifs is 1. The lowest BCUT2D eigenvalue weighted by Crippen LogP contribution is -2.34. The van der Waals surface area contributed by atoms with Crippen molar-refractivity contribution in [1.82, 2.24) is 29.6 Å². The first-order valence-corrected chi connectivity index (χ1v) is 5.66. The van der Waals surface area contributed by atoms with Crippen LogP contribution in [0.2, 0.25) is 0 Å². The summed E-state index contributed by atoms with van der Waals surface area (Å²) in [5.74, 6) is 1.87. The molecule has 6 nitrogen and oxygen atoms in total. The zero-order valence-corrected chi connectivity index (χ0v) is 9.91. The highest BCUT2D eigenvalue weighted by Gasteiger charge is 2.26. The van der Waals surface area contributed by atoms with Crippen molar-refractivity contribution < 1.29 is 0 Å². The lowest BCUT2D eigenvalue weighted by molar-refractivity contribution is 0.206. The third-order valence-corrected chi connectivity index (χ3v) is 3.31. The average molecular weight is 230 g/mol. The van der Waals surface area contributed by atoms with E-state index in [4.69, 9.17) is 0 Å². The summed E-state index contributed by atoms with van der Waals surface area (Å²) < 4.78 is 2.16. The summed E-state index contributed by atoms with van der Waals surface area (Å²) in [6.07, 6.45) is 5.06. The lowest BCUT2D eigenvalue weighted by atomic mass is 10.2. The number of likely N-dealkylation sites (N-methyl/N-ethyl adjacent to an activating group) is 1. The molecule has 1 aliphatic rings. The fourth-order valence-electron chi connectivity index (χ4n) is 2.12. The van der Waals surface area contributed by atoms with E-state index in [2.05, 4.69) is 43.6 Å². The molecule has 17 heavy (non-hydrogen) atoms. The Bertz CT molecular complexity index is 520. The van der Waals surface area contributed by atoms with Crippen LogP contribution >= 0.6 is 0 Å². The third kappa shape index (κ3) is 1.61. The predicted molar refractivity (Wildman–Crippen MR) is 62.1 cm³/mol. The van der Waals surface area contributed by atoms with Gasteiger partial charge in [0.15, 0.2) is 5.82 Å². The highest BCUT2D eigenvalue weighted by Crippen LogP contribution is 2.26. The van der Waals surface area contributed by atoms with E-state index in [1.54, 1.807) is 12.4 Å². The van der Waals surface area contributed by atoms with E-state index < -0.39 is 0 Å². The van der Waals surface area contributed by atoms with Crippen LogP contribution < -0.4 is 0 Å². The number of nitrogens with zero attached hydrogens (tertiary/aromatic N) is 6. The fraction of sp³-hybridized carbons (Fsp3) is 0.455. The molecule has 0 saturated heterocycles. The third-order valence-electron chi connectivity index (χ3n) is 3.31. The molecule has 1 aliphatic heterocycles. The first kappa shape index (κ1) is 10.3. The average Bonchev–Trinajstić information content (AvgIpc) is 2.79. The van der Waals surface area contributed by atoms with Gasteiger partial charge < -0.3 is 4.57 Å². The second-order valence-electron chi connectivity index (χ2n) is 4.32. The van der Waals surface area contributed by atoms with Crippen LogP contribution in [-0.2, 0) is 6.54 Å². The summed E-state index contributed by atoms with van der Waals surface area (Å²) in [4.78, 5) is 10.3. The molecule has 0 saturated carbocycles. The molecule has 0 spiro atoms. The zero-order chi connectivity index (χ0) is 11.8. The van der Waals surface area contributed by atoms with Crippen LogP contribution in [0.15, 0.2) is 18.7 Å². The Hall–Kier alpha value is -1.82. The highest BCUT2D eigenvalue weighted by molar-refractivity contribution is 5.52. The van der Waals surface area contributed by atoms with E-state index in [0.717, 1.165) is 30.3 Å². The molecule has 1 atom stereocenters. The van der Waals surface area contributed by atoms with Crippen LogP contribution in [0.4, 0.5) is 0 Å². The molecule has 88 valence electrons. The fourth-order valence-corrected chi connectivity index (χ4v) is 2.12. The Morgan fingerprint density at radius 1 is 1.18 bits per heavy atom. The minimum Gasteiger partial charge on any atom is -0.308 e. The minimum absolute atomic E-state index is 0.301. The molecule has 2 aromatic heterocycles. The molecule has 0 aromatic carbocycles. The maximum Gasteiger partial charge on any atom is 0.167 e. The van der Waals surface area contributed by atoms with Gasteiger partial charge in [-0.1, -0.05) is 0 Å². The summed E-state index contributed by atoms with van der Waals surface area (Å²) in [5.41, 5.74) is 0.919. The molecular weight excluding hydrogens is 216 g/mol. The van der Waals surface area contributed by atoms with Gasteiger partial charge in [0.05, 0.1) is 11.6 Å². The van der Waals surface area contributed by atoms with Crippen LogP contribution in [0.3, 0.4) is 0 Å². The standard InChI is InChI=1S/C11H14N6/c1-8-10-14-15-11(9-5-12-7-13-6-9)17(10)4-3-16(8)2/h5-8H,3-4H2,1-2H3. The Kier molecular flexibility index (Phi) is 2.36. The molecule has 6 heteroatoms. The minimum atomic E-state index is 0.301. The molecule has 3 heterocycles. The Morgan fingerprint density at radius 2 is 1.94 bits per heavy atom.